The maximum absolute atomic E-state index is 4.99. The van der Waals surface area contributed by atoms with Crippen LogP contribution < -0.4 is 0 Å². The van der Waals surface area contributed by atoms with Crippen LogP contribution in [0.15, 0.2) is 16.8 Å². The van der Waals surface area contributed by atoms with Crippen molar-refractivity contribution in [1.29, 1.82) is 0 Å². The molecule has 2 rings (SSSR count). The monoisotopic (exact) mass is 194 g/mol. The summed E-state index contributed by atoms with van der Waals surface area (Å²) in [7, 11) is 0. The quantitative estimate of drug-likeness (QED) is 0.697. The van der Waals surface area contributed by atoms with E-state index < -0.39 is 0 Å². The minimum Gasteiger partial charge on any atom is -0.354 e. The molecule has 0 unspecified atom stereocenters. The molecule has 0 aliphatic heterocycles. The lowest BCUT2D eigenvalue weighted by molar-refractivity contribution is 0.425. The van der Waals surface area contributed by atoms with Crippen LogP contribution in [0.4, 0.5) is 0 Å². The third-order valence-electron chi connectivity index (χ3n) is 1.45. The van der Waals surface area contributed by atoms with E-state index in [0.29, 0.717) is 16.2 Å². The fourth-order valence-electron chi connectivity index (χ4n) is 0.915. The first-order chi connectivity index (χ1) is 6.25. The van der Waals surface area contributed by atoms with E-state index in [0.717, 1.165) is 5.69 Å². The van der Waals surface area contributed by atoms with Crippen molar-refractivity contribution < 1.29 is 4.52 Å². The lowest BCUT2D eigenvalue weighted by atomic mass is 10.3. The maximum Gasteiger partial charge on any atom is 0.214 e. The predicted molar refractivity (Wildman–Crippen MR) is 47.5 cm³/mol. The van der Waals surface area contributed by atoms with E-state index in [4.69, 9.17) is 16.7 Å². The molecule has 0 amide bonds. The molecule has 0 aliphatic rings. The van der Waals surface area contributed by atoms with Crippen molar-refractivity contribution in [2.24, 2.45) is 0 Å². The Labute approximate surface area is 78.8 Å². The van der Waals surface area contributed by atoms with Gasteiger partial charge in [0.05, 0.1) is 11.9 Å². The third-order valence-corrected chi connectivity index (χ3v) is 1.63. The van der Waals surface area contributed by atoms with Gasteiger partial charge in [-0.2, -0.15) is 5.10 Å². The Bertz CT molecular complexity index is 475. The van der Waals surface area contributed by atoms with Crippen LogP contribution in [-0.4, -0.2) is 20.3 Å². The van der Waals surface area contributed by atoms with Gasteiger partial charge in [0.2, 0.25) is 4.77 Å². The van der Waals surface area contributed by atoms with Crippen molar-refractivity contribution in [3.05, 3.63) is 22.7 Å². The minimum atomic E-state index is 0.326. The number of H-pyrrole nitrogens is 1. The molecule has 6 heteroatoms. The second-order valence-electron chi connectivity index (χ2n) is 2.50. The number of aromatic nitrogens is 4. The summed E-state index contributed by atoms with van der Waals surface area (Å²) in [5.74, 6) is 0.574. The summed E-state index contributed by atoms with van der Waals surface area (Å²) >= 11 is 4.82. The summed E-state index contributed by atoms with van der Waals surface area (Å²) in [6.07, 6.45) is 1.54. The van der Waals surface area contributed by atoms with Gasteiger partial charge in [-0.15, -0.1) is 0 Å². The van der Waals surface area contributed by atoms with E-state index in [1.807, 2.05) is 6.92 Å². The molecule has 5 nitrogen and oxygen atoms in total. The first-order valence-electron chi connectivity index (χ1n) is 3.61. The molecule has 0 saturated heterocycles. The molecule has 0 aromatic carbocycles. The fourth-order valence-corrected chi connectivity index (χ4v) is 1.07. The minimum absolute atomic E-state index is 0.326. The van der Waals surface area contributed by atoms with Gasteiger partial charge in [-0.3, -0.25) is 5.10 Å². The molecule has 0 spiro atoms. The molecule has 66 valence electrons. The molecular weight excluding hydrogens is 188 g/mol. The second-order valence-corrected chi connectivity index (χ2v) is 2.89. The van der Waals surface area contributed by atoms with E-state index in [-0.39, 0.29) is 0 Å². The van der Waals surface area contributed by atoms with Crippen molar-refractivity contribution in [3.63, 3.8) is 0 Å². The van der Waals surface area contributed by atoms with E-state index in [2.05, 4.69) is 20.3 Å². The molecule has 1 N–H and O–H groups in total. The van der Waals surface area contributed by atoms with E-state index in [1.54, 1.807) is 6.07 Å². The van der Waals surface area contributed by atoms with Crippen molar-refractivity contribution >= 4 is 12.2 Å². The van der Waals surface area contributed by atoms with E-state index >= 15 is 0 Å². The van der Waals surface area contributed by atoms with Crippen molar-refractivity contribution in [1.82, 2.24) is 20.3 Å². The highest BCUT2D eigenvalue weighted by Gasteiger charge is 2.05. The molecule has 0 saturated carbocycles. The molecule has 0 atom stereocenters. The van der Waals surface area contributed by atoms with Gasteiger partial charge in [0.1, 0.15) is 5.69 Å². The maximum atomic E-state index is 4.99. The Morgan fingerprint density at radius 3 is 3.00 bits per heavy atom. The standard InChI is InChI=1S/C7H6N4OS/c1-4-2-6(12-11-4)5-3-8-10-7(13)9-5/h2-3H,1H3,(H,9,10,13). The Balaban J connectivity index is 2.52. The topological polar surface area (TPSA) is 67.6 Å². The van der Waals surface area contributed by atoms with Crippen LogP contribution in [0.3, 0.4) is 0 Å². The predicted octanol–water partition coefficient (Wildman–Crippen LogP) is 1.50. The Morgan fingerprint density at radius 2 is 2.38 bits per heavy atom. The van der Waals surface area contributed by atoms with Gasteiger partial charge in [-0.1, -0.05) is 5.16 Å². The smallest absolute Gasteiger partial charge is 0.214 e. The summed E-state index contributed by atoms with van der Waals surface area (Å²) in [5.41, 5.74) is 1.39. The molecule has 2 aromatic heterocycles. The van der Waals surface area contributed by atoms with Crippen LogP contribution in [0, 0.1) is 11.7 Å². The molecule has 2 aromatic rings. The van der Waals surface area contributed by atoms with E-state index in [9.17, 15) is 0 Å². The number of rotatable bonds is 1. The van der Waals surface area contributed by atoms with Crippen LogP contribution in [0.5, 0.6) is 0 Å². The first-order valence-corrected chi connectivity index (χ1v) is 4.02. The molecule has 0 bridgehead atoms. The Kier molecular flexibility index (Phi) is 1.90. The zero-order chi connectivity index (χ0) is 9.26. The van der Waals surface area contributed by atoms with Gasteiger partial charge >= 0.3 is 0 Å². The van der Waals surface area contributed by atoms with Gasteiger partial charge < -0.3 is 4.52 Å². The molecule has 0 aliphatic carbocycles. The number of hydrogen-bond donors (Lipinski definition) is 1. The van der Waals surface area contributed by atoms with E-state index in [1.165, 1.54) is 6.20 Å². The lowest BCUT2D eigenvalue weighted by Gasteiger charge is -1.90. The largest absolute Gasteiger partial charge is 0.354 e. The van der Waals surface area contributed by atoms with Gasteiger partial charge in [-0.25, -0.2) is 4.98 Å². The fraction of sp³-hybridized carbons (Fsp3) is 0.143. The van der Waals surface area contributed by atoms with Crippen molar-refractivity contribution in [2.45, 2.75) is 6.92 Å². The van der Waals surface area contributed by atoms with Crippen LogP contribution in [0.1, 0.15) is 5.69 Å². The van der Waals surface area contributed by atoms with Crippen LogP contribution >= 0.6 is 12.2 Å². The Morgan fingerprint density at radius 1 is 1.54 bits per heavy atom. The summed E-state index contributed by atoms with van der Waals surface area (Å²) < 4.78 is 5.32. The molecular formula is C7H6N4OS. The van der Waals surface area contributed by atoms with Crippen LogP contribution in [-0.2, 0) is 0 Å². The second kappa shape index (κ2) is 3.06. The van der Waals surface area contributed by atoms with Crippen molar-refractivity contribution in [2.75, 3.05) is 0 Å². The zero-order valence-corrected chi connectivity index (χ0v) is 7.63. The first kappa shape index (κ1) is 8.06. The number of aromatic amines is 1. The summed E-state index contributed by atoms with van der Waals surface area (Å²) in [5, 5.41) is 10.1. The SMILES string of the molecule is Cc1cc(-c2cn[nH]c(=S)n2)on1. The van der Waals surface area contributed by atoms with Gasteiger partial charge in [0.25, 0.3) is 0 Å². The number of nitrogens with zero attached hydrogens (tertiary/aromatic N) is 3. The molecule has 13 heavy (non-hydrogen) atoms. The normalized spacial score (nSPS) is 10.2. The highest BCUT2D eigenvalue weighted by atomic mass is 32.1. The van der Waals surface area contributed by atoms with Gasteiger partial charge in [0.15, 0.2) is 5.76 Å². The van der Waals surface area contributed by atoms with Crippen molar-refractivity contribution in [3.8, 4) is 11.5 Å². The van der Waals surface area contributed by atoms with Gasteiger partial charge in [0, 0.05) is 6.07 Å². The average molecular weight is 194 g/mol. The molecule has 0 radical (unpaired) electrons. The molecule has 0 fully saturated rings. The summed E-state index contributed by atoms with van der Waals surface area (Å²) in [6, 6.07) is 1.78. The number of aryl methyl sites for hydroxylation is 1. The van der Waals surface area contributed by atoms with Crippen LogP contribution in [0.25, 0.3) is 11.5 Å². The summed E-state index contributed by atoms with van der Waals surface area (Å²) in [6.45, 7) is 1.84. The highest BCUT2D eigenvalue weighted by Crippen LogP contribution is 2.15. The summed E-state index contributed by atoms with van der Waals surface area (Å²) in [4.78, 5) is 4.02. The number of nitrogens with one attached hydrogen (secondary N) is 1. The number of hydrogen-bond acceptors (Lipinski definition) is 5. The van der Waals surface area contributed by atoms with Crippen LogP contribution in [0.2, 0.25) is 0 Å². The average Bonchev–Trinajstić information content (AvgIpc) is 2.52. The highest BCUT2D eigenvalue weighted by molar-refractivity contribution is 7.71. The van der Waals surface area contributed by atoms with Gasteiger partial charge in [-0.05, 0) is 19.1 Å². The molecule has 2 heterocycles. The zero-order valence-electron chi connectivity index (χ0n) is 6.81. The Hall–Kier alpha value is -1.56. The third kappa shape index (κ3) is 1.62. The lowest BCUT2D eigenvalue weighted by Crippen LogP contribution is -1.88.